The Morgan fingerprint density at radius 3 is 2.32 bits per heavy atom. The molecule has 3 amide bonds. The molecule has 28 heavy (non-hydrogen) atoms. The summed E-state index contributed by atoms with van der Waals surface area (Å²) < 4.78 is 5.64. The number of carbonyl (C=O) groups excluding carboxylic acids is 3. The van der Waals surface area contributed by atoms with Crippen molar-refractivity contribution in [2.24, 2.45) is 0 Å². The Hall–Kier alpha value is -3.68. The minimum Gasteiger partial charge on any atom is -0.480 e. The van der Waals surface area contributed by atoms with Crippen LogP contribution in [0.3, 0.4) is 0 Å². The van der Waals surface area contributed by atoms with Gasteiger partial charge in [-0.25, -0.2) is 4.79 Å². The summed E-state index contributed by atoms with van der Waals surface area (Å²) in [5.74, 6) is -1.83. The quantitative estimate of drug-likeness (QED) is 0.788. The molecule has 0 spiro atoms. The van der Waals surface area contributed by atoms with E-state index in [4.69, 9.17) is 9.84 Å². The molecular weight excluding hydrogens is 364 g/mol. The van der Waals surface area contributed by atoms with Crippen LogP contribution in [0.25, 0.3) is 0 Å². The predicted octanol–water partition coefficient (Wildman–Crippen LogP) is 1.81. The van der Waals surface area contributed by atoms with Crippen molar-refractivity contribution in [3.05, 3.63) is 60.2 Å². The molecule has 2 aromatic carbocycles. The van der Waals surface area contributed by atoms with Crippen LogP contribution >= 0.6 is 0 Å². The summed E-state index contributed by atoms with van der Waals surface area (Å²) >= 11 is 0. The van der Waals surface area contributed by atoms with Gasteiger partial charge >= 0.3 is 5.97 Å². The number of hydrogen-bond acceptors (Lipinski definition) is 5. The molecule has 1 aliphatic rings. The lowest BCUT2D eigenvalue weighted by Crippen LogP contribution is -2.47. The number of para-hydroxylation sites is 1. The van der Waals surface area contributed by atoms with Crippen molar-refractivity contribution in [3.63, 3.8) is 0 Å². The van der Waals surface area contributed by atoms with Crippen molar-refractivity contribution in [1.82, 2.24) is 10.2 Å². The lowest BCUT2D eigenvalue weighted by molar-refractivity contribution is -0.153. The van der Waals surface area contributed by atoms with Gasteiger partial charge in [0.15, 0.2) is 0 Å². The molecule has 1 atom stereocenters. The van der Waals surface area contributed by atoms with Crippen molar-refractivity contribution < 1.29 is 29.0 Å². The predicted molar refractivity (Wildman–Crippen MR) is 97.8 cm³/mol. The van der Waals surface area contributed by atoms with E-state index in [0.29, 0.717) is 22.0 Å². The fraction of sp³-hybridized carbons (Fsp3) is 0.200. The highest BCUT2D eigenvalue weighted by atomic mass is 16.5. The first-order chi connectivity index (χ1) is 13.5. The minimum absolute atomic E-state index is 0.000467. The summed E-state index contributed by atoms with van der Waals surface area (Å²) in [6.45, 7) is -0.462. The average molecular weight is 382 g/mol. The van der Waals surface area contributed by atoms with Crippen molar-refractivity contribution in [1.29, 1.82) is 0 Å². The number of ether oxygens (including phenoxy) is 1. The zero-order valence-corrected chi connectivity index (χ0v) is 14.8. The van der Waals surface area contributed by atoms with Gasteiger partial charge in [-0.2, -0.15) is 0 Å². The second-order valence-corrected chi connectivity index (χ2v) is 6.17. The molecule has 8 nitrogen and oxygen atoms in total. The summed E-state index contributed by atoms with van der Waals surface area (Å²) in [6, 6.07) is 14.3. The van der Waals surface area contributed by atoms with Crippen LogP contribution in [0.2, 0.25) is 0 Å². The number of rotatable bonds is 6. The van der Waals surface area contributed by atoms with Gasteiger partial charge in [-0.05, 0) is 42.8 Å². The number of hydrogen-bond donors (Lipinski definition) is 2. The van der Waals surface area contributed by atoms with E-state index >= 15 is 0 Å². The maximum Gasteiger partial charge on any atom is 0.326 e. The van der Waals surface area contributed by atoms with Crippen molar-refractivity contribution in [2.45, 2.75) is 18.9 Å². The van der Waals surface area contributed by atoms with Crippen molar-refractivity contribution in [3.8, 4) is 11.5 Å². The molecule has 2 N–H and O–H groups in total. The van der Waals surface area contributed by atoms with Crippen LogP contribution in [0.1, 0.15) is 23.2 Å². The largest absolute Gasteiger partial charge is 0.480 e. The SMILES string of the molecule is O=C(NCC(=O)N1C(=O)CC[C@H]1C(=O)O)c1ccc(Oc2ccccc2)cc1. The Balaban J connectivity index is 1.56. The molecule has 0 radical (unpaired) electrons. The molecule has 0 aliphatic carbocycles. The van der Waals surface area contributed by atoms with Gasteiger partial charge < -0.3 is 15.2 Å². The van der Waals surface area contributed by atoms with E-state index in [1.54, 1.807) is 36.4 Å². The molecule has 1 fully saturated rings. The molecule has 1 heterocycles. The second kappa shape index (κ2) is 8.34. The molecule has 0 unspecified atom stereocenters. The molecule has 3 rings (SSSR count). The Kier molecular flexibility index (Phi) is 5.69. The van der Waals surface area contributed by atoms with Gasteiger partial charge in [-0.15, -0.1) is 0 Å². The number of amides is 3. The highest BCUT2D eigenvalue weighted by Gasteiger charge is 2.40. The topological polar surface area (TPSA) is 113 Å². The maximum atomic E-state index is 12.2. The molecule has 1 aliphatic heterocycles. The van der Waals surface area contributed by atoms with E-state index in [-0.39, 0.29) is 12.8 Å². The lowest BCUT2D eigenvalue weighted by atomic mass is 10.2. The molecule has 0 saturated carbocycles. The number of nitrogens with one attached hydrogen (secondary N) is 1. The molecule has 2 aromatic rings. The molecule has 144 valence electrons. The molecular formula is C20H18N2O6. The number of aliphatic carboxylic acids is 1. The van der Waals surface area contributed by atoms with Crippen LogP contribution in [0, 0.1) is 0 Å². The first-order valence-corrected chi connectivity index (χ1v) is 8.64. The van der Waals surface area contributed by atoms with Crippen LogP contribution < -0.4 is 10.1 Å². The zero-order valence-electron chi connectivity index (χ0n) is 14.8. The van der Waals surface area contributed by atoms with Gasteiger partial charge in [0.2, 0.25) is 11.8 Å². The van der Waals surface area contributed by atoms with E-state index < -0.39 is 36.3 Å². The highest BCUT2D eigenvalue weighted by Crippen LogP contribution is 2.21. The van der Waals surface area contributed by atoms with Crippen molar-refractivity contribution in [2.75, 3.05) is 6.54 Å². The minimum atomic E-state index is -1.24. The van der Waals surface area contributed by atoms with E-state index in [2.05, 4.69) is 5.32 Å². The van der Waals surface area contributed by atoms with Crippen LogP contribution in [-0.4, -0.2) is 46.3 Å². The van der Waals surface area contributed by atoms with Gasteiger partial charge in [-0.3, -0.25) is 19.3 Å². The summed E-state index contributed by atoms with van der Waals surface area (Å²) in [5, 5.41) is 11.5. The van der Waals surface area contributed by atoms with E-state index in [1.165, 1.54) is 0 Å². The summed E-state index contributed by atoms with van der Waals surface area (Å²) in [5.41, 5.74) is 0.302. The molecule has 1 saturated heterocycles. The van der Waals surface area contributed by atoms with Gasteiger partial charge in [0.1, 0.15) is 17.5 Å². The second-order valence-electron chi connectivity index (χ2n) is 6.17. The third kappa shape index (κ3) is 4.35. The van der Waals surface area contributed by atoms with Crippen LogP contribution in [0.5, 0.6) is 11.5 Å². The summed E-state index contributed by atoms with van der Waals surface area (Å²) in [4.78, 5) is 48.0. The lowest BCUT2D eigenvalue weighted by Gasteiger charge is -2.19. The van der Waals surface area contributed by atoms with Gasteiger partial charge in [0.25, 0.3) is 5.91 Å². The van der Waals surface area contributed by atoms with E-state index in [0.717, 1.165) is 0 Å². The number of carboxylic acid groups (broad SMARTS) is 1. The number of nitrogens with zero attached hydrogens (tertiary/aromatic N) is 1. The number of likely N-dealkylation sites (tertiary alicyclic amines) is 1. The van der Waals surface area contributed by atoms with Gasteiger partial charge in [0.05, 0.1) is 6.54 Å². The standard InChI is InChI=1S/C20H18N2O6/c23-17-11-10-16(20(26)27)22(17)18(24)12-21-19(25)13-6-8-15(9-7-13)28-14-4-2-1-3-5-14/h1-9,16H,10-12H2,(H,21,25)(H,26,27)/t16-/m0/s1. The first kappa shape index (κ1) is 19.1. The Labute approximate surface area is 160 Å². The molecule has 0 bridgehead atoms. The third-order valence-corrected chi connectivity index (χ3v) is 4.26. The zero-order chi connectivity index (χ0) is 20.1. The summed E-state index contributed by atoms with van der Waals surface area (Å²) in [6.07, 6.45) is 0.0796. The average Bonchev–Trinajstić information content (AvgIpc) is 3.09. The number of benzene rings is 2. The van der Waals surface area contributed by atoms with Crippen LogP contribution in [-0.2, 0) is 14.4 Å². The Bertz CT molecular complexity index is 895. The van der Waals surface area contributed by atoms with Gasteiger partial charge in [0, 0.05) is 12.0 Å². The number of imide groups is 1. The monoisotopic (exact) mass is 382 g/mol. The van der Waals surface area contributed by atoms with Crippen LogP contribution in [0.4, 0.5) is 0 Å². The normalized spacial score (nSPS) is 15.9. The fourth-order valence-electron chi connectivity index (χ4n) is 2.87. The molecule has 8 heteroatoms. The maximum absolute atomic E-state index is 12.2. The molecule has 0 aromatic heterocycles. The van der Waals surface area contributed by atoms with Crippen LogP contribution in [0.15, 0.2) is 54.6 Å². The Morgan fingerprint density at radius 2 is 1.68 bits per heavy atom. The van der Waals surface area contributed by atoms with Crippen molar-refractivity contribution >= 4 is 23.7 Å². The Morgan fingerprint density at radius 1 is 1.04 bits per heavy atom. The highest BCUT2D eigenvalue weighted by molar-refractivity contribution is 6.04. The number of carboxylic acids is 1. The summed E-state index contributed by atoms with van der Waals surface area (Å²) in [7, 11) is 0. The first-order valence-electron chi connectivity index (χ1n) is 8.64. The van der Waals surface area contributed by atoms with E-state index in [9.17, 15) is 19.2 Å². The van der Waals surface area contributed by atoms with Gasteiger partial charge in [-0.1, -0.05) is 18.2 Å². The van der Waals surface area contributed by atoms with E-state index in [1.807, 2.05) is 18.2 Å². The number of carbonyl (C=O) groups is 4. The third-order valence-electron chi connectivity index (χ3n) is 4.26. The fourth-order valence-corrected chi connectivity index (χ4v) is 2.87. The smallest absolute Gasteiger partial charge is 0.326 e.